The molecule has 0 saturated carbocycles. The van der Waals surface area contributed by atoms with Gasteiger partial charge in [-0.15, -0.1) is 0 Å². The van der Waals surface area contributed by atoms with Crippen molar-refractivity contribution in [3.63, 3.8) is 0 Å². The summed E-state index contributed by atoms with van der Waals surface area (Å²) >= 11 is 0. The molecule has 0 amide bonds. The predicted octanol–water partition coefficient (Wildman–Crippen LogP) is 0.515. The molecule has 1 heterocycles. The summed E-state index contributed by atoms with van der Waals surface area (Å²) in [5, 5.41) is 6.97. The summed E-state index contributed by atoms with van der Waals surface area (Å²) < 4.78 is 25.3. The van der Waals surface area contributed by atoms with E-state index in [1.165, 1.54) is 4.31 Å². The minimum absolute atomic E-state index is 0.0427. The first kappa shape index (κ1) is 12.4. The lowest BCUT2D eigenvalue weighted by atomic mass is 10.0. The molecule has 0 radical (unpaired) electrons. The largest absolute Gasteiger partial charge is 0.386 e. The van der Waals surface area contributed by atoms with Crippen molar-refractivity contribution in [2.75, 3.05) is 6.54 Å². The molecule has 1 rings (SSSR count). The summed E-state index contributed by atoms with van der Waals surface area (Å²) in [6.45, 7) is 3.80. The van der Waals surface area contributed by atoms with E-state index in [1.54, 1.807) is 13.8 Å². The van der Waals surface area contributed by atoms with E-state index in [-0.39, 0.29) is 5.84 Å². The number of sulfonamides is 1. The van der Waals surface area contributed by atoms with Crippen molar-refractivity contribution in [2.24, 2.45) is 5.73 Å². The van der Waals surface area contributed by atoms with Crippen molar-refractivity contribution < 1.29 is 8.42 Å². The Morgan fingerprint density at radius 3 is 2.53 bits per heavy atom. The highest BCUT2D eigenvalue weighted by Crippen LogP contribution is 2.22. The minimum Gasteiger partial charge on any atom is -0.386 e. The summed E-state index contributed by atoms with van der Waals surface area (Å²) in [7, 11) is -3.28. The van der Waals surface area contributed by atoms with Crippen molar-refractivity contribution in [1.29, 1.82) is 5.41 Å². The fraction of sp³-hybridized carbons (Fsp3) is 0.889. The van der Waals surface area contributed by atoms with E-state index in [0.717, 1.165) is 12.8 Å². The van der Waals surface area contributed by atoms with Gasteiger partial charge in [0.2, 0.25) is 10.0 Å². The van der Waals surface area contributed by atoms with Crippen molar-refractivity contribution >= 4 is 15.9 Å². The predicted molar refractivity (Wildman–Crippen MR) is 60.3 cm³/mol. The summed E-state index contributed by atoms with van der Waals surface area (Å²) in [6, 6.07) is -0.425. The third-order valence-electron chi connectivity index (χ3n) is 2.74. The number of nitrogens with one attached hydrogen (secondary N) is 1. The summed E-state index contributed by atoms with van der Waals surface area (Å²) in [6.07, 6.45) is 2.46. The van der Waals surface area contributed by atoms with Gasteiger partial charge in [-0.05, 0) is 26.7 Å². The Morgan fingerprint density at radius 2 is 2.07 bits per heavy atom. The smallest absolute Gasteiger partial charge is 0.217 e. The number of hydrogen-bond donors (Lipinski definition) is 2. The average molecular weight is 233 g/mol. The van der Waals surface area contributed by atoms with E-state index < -0.39 is 21.3 Å². The van der Waals surface area contributed by atoms with E-state index in [2.05, 4.69) is 0 Å². The highest BCUT2D eigenvalue weighted by Gasteiger charge is 2.35. The molecule has 88 valence electrons. The monoisotopic (exact) mass is 233 g/mol. The van der Waals surface area contributed by atoms with Crippen LogP contribution in [0.1, 0.15) is 33.1 Å². The number of nitrogens with two attached hydrogens (primary N) is 1. The normalized spacial score (nSPS) is 24.3. The lowest BCUT2D eigenvalue weighted by Crippen LogP contribution is -2.52. The second kappa shape index (κ2) is 4.49. The Balaban J connectivity index is 2.95. The van der Waals surface area contributed by atoms with Gasteiger partial charge < -0.3 is 5.73 Å². The van der Waals surface area contributed by atoms with Gasteiger partial charge in [0, 0.05) is 6.54 Å². The van der Waals surface area contributed by atoms with Crippen LogP contribution in [0.5, 0.6) is 0 Å². The first-order valence-corrected chi connectivity index (χ1v) is 6.72. The molecule has 1 unspecified atom stereocenters. The van der Waals surface area contributed by atoms with Crippen LogP contribution in [0.3, 0.4) is 0 Å². The number of amidine groups is 1. The van der Waals surface area contributed by atoms with Crippen LogP contribution in [0.15, 0.2) is 0 Å². The van der Waals surface area contributed by atoms with Crippen molar-refractivity contribution in [3.05, 3.63) is 0 Å². The van der Waals surface area contributed by atoms with Crippen LogP contribution < -0.4 is 5.73 Å². The highest BCUT2D eigenvalue weighted by atomic mass is 32.2. The van der Waals surface area contributed by atoms with Gasteiger partial charge in [-0.2, -0.15) is 4.31 Å². The van der Waals surface area contributed by atoms with Crippen LogP contribution in [0.4, 0.5) is 0 Å². The molecular weight excluding hydrogens is 214 g/mol. The van der Waals surface area contributed by atoms with Gasteiger partial charge in [-0.3, -0.25) is 5.41 Å². The lowest BCUT2D eigenvalue weighted by Gasteiger charge is -2.34. The van der Waals surface area contributed by atoms with Crippen LogP contribution in [0.25, 0.3) is 0 Å². The third-order valence-corrected chi connectivity index (χ3v) is 5.02. The quantitative estimate of drug-likeness (QED) is 0.550. The number of piperidine rings is 1. The van der Waals surface area contributed by atoms with E-state index in [0.29, 0.717) is 13.0 Å². The molecule has 15 heavy (non-hydrogen) atoms. The molecule has 1 aliphatic rings. The van der Waals surface area contributed by atoms with Crippen molar-refractivity contribution in [1.82, 2.24) is 4.31 Å². The summed E-state index contributed by atoms with van der Waals surface area (Å²) in [5.74, 6) is -0.0427. The maximum absolute atomic E-state index is 12.0. The molecular formula is C9H19N3O2S. The van der Waals surface area contributed by atoms with Gasteiger partial charge in [0.05, 0.1) is 11.3 Å². The Hall–Kier alpha value is -0.620. The number of nitrogens with zero attached hydrogens (tertiary/aromatic N) is 1. The van der Waals surface area contributed by atoms with E-state index in [9.17, 15) is 8.42 Å². The number of hydrogen-bond acceptors (Lipinski definition) is 3. The average Bonchev–Trinajstić information content (AvgIpc) is 2.17. The maximum Gasteiger partial charge on any atom is 0.217 e. The zero-order valence-electron chi connectivity index (χ0n) is 9.23. The molecule has 3 N–H and O–H groups in total. The molecule has 0 aliphatic carbocycles. The molecule has 1 atom stereocenters. The molecule has 0 spiro atoms. The molecule has 6 heteroatoms. The Bertz CT molecular complexity index is 337. The highest BCUT2D eigenvalue weighted by molar-refractivity contribution is 7.89. The van der Waals surface area contributed by atoms with Gasteiger partial charge in [-0.1, -0.05) is 6.42 Å². The SMILES string of the molecule is CC(C)S(=O)(=O)N1CCCCC1C(=N)N. The molecule has 0 aromatic carbocycles. The fourth-order valence-electron chi connectivity index (χ4n) is 1.79. The lowest BCUT2D eigenvalue weighted by molar-refractivity contribution is 0.301. The second-order valence-corrected chi connectivity index (χ2v) is 6.61. The van der Waals surface area contributed by atoms with E-state index in [4.69, 9.17) is 11.1 Å². The molecule has 1 saturated heterocycles. The zero-order chi connectivity index (χ0) is 11.6. The van der Waals surface area contributed by atoms with Gasteiger partial charge in [-0.25, -0.2) is 8.42 Å². The zero-order valence-corrected chi connectivity index (χ0v) is 10.0. The van der Waals surface area contributed by atoms with Gasteiger partial charge in [0.25, 0.3) is 0 Å². The number of rotatable bonds is 3. The molecule has 5 nitrogen and oxygen atoms in total. The van der Waals surface area contributed by atoms with Crippen LogP contribution in [0, 0.1) is 5.41 Å². The minimum atomic E-state index is -3.28. The Kier molecular flexibility index (Phi) is 3.72. The van der Waals surface area contributed by atoms with E-state index >= 15 is 0 Å². The fourth-order valence-corrected chi connectivity index (χ4v) is 3.29. The van der Waals surface area contributed by atoms with Gasteiger partial charge >= 0.3 is 0 Å². The van der Waals surface area contributed by atoms with Crippen molar-refractivity contribution in [3.8, 4) is 0 Å². The Labute approximate surface area is 91.2 Å². The third kappa shape index (κ3) is 2.49. The van der Waals surface area contributed by atoms with Crippen molar-refractivity contribution in [2.45, 2.75) is 44.4 Å². The first-order valence-electron chi connectivity index (χ1n) is 5.22. The van der Waals surface area contributed by atoms with E-state index in [1.807, 2.05) is 0 Å². The topological polar surface area (TPSA) is 87.2 Å². The maximum atomic E-state index is 12.0. The molecule has 0 aromatic heterocycles. The van der Waals surface area contributed by atoms with Crippen LogP contribution in [-0.4, -0.2) is 36.4 Å². The molecule has 0 bridgehead atoms. The second-order valence-electron chi connectivity index (χ2n) is 4.17. The van der Waals surface area contributed by atoms with Gasteiger partial charge in [0.15, 0.2) is 0 Å². The summed E-state index contributed by atoms with van der Waals surface area (Å²) in [5.41, 5.74) is 5.43. The molecule has 1 fully saturated rings. The van der Waals surface area contributed by atoms with Crippen LogP contribution in [-0.2, 0) is 10.0 Å². The summed E-state index contributed by atoms with van der Waals surface area (Å²) in [4.78, 5) is 0. The standard InChI is InChI=1S/C9H19N3O2S/c1-7(2)15(13,14)12-6-4-3-5-8(12)9(10)11/h7-8H,3-6H2,1-2H3,(H3,10,11). The molecule has 0 aromatic rings. The first-order chi connectivity index (χ1) is 6.87. The Morgan fingerprint density at radius 1 is 1.47 bits per heavy atom. The van der Waals surface area contributed by atoms with Crippen LogP contribution in [0.2, 0.25) is 0 Å². The van der Waals surface area contributed by atoms with Gasteiger partial charge in [0.1, 0.15) is 5.84 Å². The molecule has 1 aliphatic heterocycles. The van der Waals surface area contributed by atoms with Crippen LogP contribution >= 0.6 is 0 Å².